The molecule has 1 aliphatic heterocycles. The van der Waals surface area contributed by atoms with Crippen molar-refractivity contribution in [3.05, 3.63) is 48.0 Å². The van der Waals surface area contributed by atoms with Gasteiger partial charge < -0.3 is 19.3 Å². The maximum Gasteiger partial charge on any atom is 0.284 e. The van der Waals surface area contributed by atoms with Crippen LogP contribution in [0.1, 0.15) is 5.56 Å². The normalized spacial score (nSPS) is 16.0. The van der Waals surface area contributed by atoms with Gasteiger partial charge in [-0.25, -0.2) is 5.43 Å². The fourth-order valence-electron chi connectivity index (χ4n) is 2.15. The molecule has 0 aromatic heterocycles. The predicted octanol–water partition coefficient (Wildman–Crippen LogP) is 1.69. The Morgan fingerprint density at radius 3 is 2.88 bits per heavy atom. The number of hydrogen-bond donors (Lipinski definition) is 2. The van der Waals surface area contributed by atoms with Crippen LogP contribution in [0.25, 0.3) is 0 Å². The Bertz CT molecular complexity index is 775. The average Bonchev–Trinajstić information content (AvgIpc) is 2.62. The van der Waals surface area contributed by atoms with Crippen LogP contribution in [0, 0.1) is 0 Å². The van der Waals surface area contributed by atoms with Crippen LogP contribution in [0.4, 0.5) is 0 Å². The molecule has 0 unspecified atom stereocenters. The first-order valence-corrected chi connectivity index (χ1v) is 7.26. The van der Waals surface area contributed by atoms with Crippen LogP contribution in [0.3, 0.4) is 0 Å². The molecule has 0 spiro atoms. The van der Waals surface area contributed by atoms with Gasteiger partial charge in [0.25, 0.3) is 5.91 Å². The van der Waals surface area contributed by atoms with Crippen molar-refractivity contribution in [3.8, 4) is 23.0 Å². The lowest BCUT2D eigenvalue weighted by atomic mass is 10.2. The summed E-state index contributed by atoms with van der Waals surface area (Å²) in [7, 11) is 1.51. The third kappa shape index (κ3) is 3.40. The van der Waals surface area contributed by atoms with Crippen LogP contribution in [0.2, 0.25) is 0 Å². The molecule has 0 saturated carbocycles. The third-order valence-electron chi connectivity index (χ3n) is 3.42. The van der Waals surface area contributed by atoms with Crippen molar-refractivity contribution in [3.63, 3.8) is 0 Å². The van der Waals surface area contributed by atoms with E-state index in [4.69, 9.17) is 14.2 Å². The molecule has 0 radical (unpaired) electrons. The molecular weight excluding hydrogens is 312 g/mol. The molecule has 0 saturated heterocycles. The summed E-state index contributed by atoms with van der Waals surface area (Å²) in [6, 6.07) is 11.9. The number of aromatic hydroxyl groups is 1. The first-order chi connectivity index (χ1) is 11.7. The molecule has 0 fully saturated rings. The van der Waals surface area contributed by atoms with Gasteiger partial charge in [-0.1, -0.05) is 12.1 Å². The molecule has 1 atom stereocenters. The van der Waals surface area contributed by atoms with Crippen LogP contribution >= 0.6 is 0 Å². The molecule has 1 amide bonds. The summed E-state index contributed by atoms with van der Waals surface area (Å²) in [6.07, 6.45) is 0.547. The number of ether oxygens (including phenoxy) is 3. The van der Waals surface area contributed by atoms with Crippen LogP contribution in [-0.4, -0.2) is 37.0 Å². The van der Waals surface area contributed by atoms with E-state index in [-0.39, 0.29) is 12.4 Å². The monoisotopic (exact) mass is 328 g/mol. The van der Waals surface area contributed by atoms with Crippen molar-refractivity contribution >= 4 is 12.1 Å². The SMILES string of the molecule is COc1ccc(/C=N\NC(=O)[C@@H]2COc3ccccc3O2)c(O)c1. The zero-order valence-corrected chi connectivity index (χ0v) is 12.9. The van der Waals surface area contributed by atoms with Crippen LogP contribution in [0.15, 0.2) is 47.6 Å². The molecule has 124 valence electrons. The minimum atomic E-state index is -0.790. The highest BCUT2D eigenvalue weighted by Gasteiger charge is 2.26. The van der Waals surface area contributed by atoms with Gasteiger partial charge >= 0.3 is 0 Å². The summed E-state index contributed by atoms with van der Waals surface area (Å²) >= 11 is 0. The van der Waals surface area contributed by atoms with Crippen LogP contribution < -0.4 is 19.6 Å². The number of nitrogens with zero attached hydrogens (tertiary/aromatic N) is 1. The van der Waals surface area contributed by atoms with Crippen molar-refractivity contribution in [2.24, 2.45) is 5.10 Å². The maximum absolute atomic E-state index is 12.1. The molecule has 2 aromatic rings. The topological polar surface area (TPSA) is 89.4 Å². The summed E-state index contributed by atoms with van der Waals surface area (Å²) in [4.78, 5) is 12.1. The average molecular weight is 328 g/mol. The number of hydrazone groups is 1. The fourth-order valence-corrected chi connectivity index (χ4v) is 2.15. The van der Waals surface area contributed by atoms with E-state index in [1.807, 2.05) is 6.07 Å². The number of carbonyl (C=O) groups is 1. The number of hydrogen-bond acceptors (Lipinski definition) is 6. The lowest BCUT2D eigenvalue weighted by Gasteiger charge is -2.24. The minimum Gasteiger partial charge on any atom is -0.507 e. The van der Waals surface area contributed by atoms with Gasteiger partial charge in [0, 0.05) is 11.6 Å². The molecule has 7 heteroatoms. The van der Waals surface area contributed by atoms with Gasteiger partial charge in [0.15, 0.2) is 11.5 Å². The molecular formula is C17H16N2O5. The lowest BCUT2D eigenvalue weighted by molar-refractivity contribution is -0.130. The summed E-state index contributed by atoms with van der Waals surface area (Å²) < 4.78 is 16.0. The van der Waals surface area contributed by atoms with Crippen molar-refractivity contribution in [2.45, 2.75) is 6.10 Å². The van der Waals surface area contributed by atoms with Gasteiger partial charge in [-0.05, 0) is 24.3 Å². The lowest BCUT2D eigenvalue weighted by Crippen LogP contribution is -2.42. The van der Waals surface area contributed by atoms with Crippen molar-refractivity contribution in [1.29, 1.82) is 0 Å². The highest BCUT2D eigenvalue weighted by Crippen LogP contribution is 2.30. The summed E-state index contributed by atoms with van der Waals surface area (Å²) in [5, 5.41) is 13.6. The summed E-state index contributed by atoms with van der Waals surface area (Å²) in [6.45, 7) is 0.103. The van der Waals surface area contributed by atoms with Gasteiger partial charge in [-0.3, -0.25) is 4.79 Å². The molecule has 7 nitrogen and oxygen atoms in total. The number of para-hydroxylation sites is 2. The van der Waals surface area contributed by atoms with E-state index in [2.05, 4.69) is 10.5 Å². The number of nitrogens with one attached hydrogen (secondary N) is 1. The van der Waals surface area contributed by atoms with Gasteiger partial charge in [0.1, 0.15) is 18.1 Å². The number of benzene rings is 2. The van der Waals surface area contributed by atoms with E-state index >= 15 is 0 Å². The smallest absolute Gasteiger partial charge is 0.284 e. The molecule has 0 aliphatic carbocycles. The maximum atomic E-state index is 12.1. The number of phenolic OH excluding ortho intramolecular Hbond substituents is 1. The van der Waals surface area contributed by atoms with E-state index in [9.17, 15) is 9.90 Å². The first kappa shape index (κ1) is 15.7. The third-order valence-corrected chi connectivity index (χ3v) is 3.42. The van der Waals surface area contributed by atoms with Gasteiger partial charge in [-0.15, -0.1) is 0 Å². The Morgan fingerprint density at radius 2 is 2.12 bits per heavy atom. The molecule has 2 N–H and O–H groups in total. The Morgan fingerprint density at radius 1 is 1.33 bits per heavy atom. The highest BCUT2D eigenvalue weighted by molar-refractivity contribution is 5.86. The van der Waals surface area contributed by atoms with Crippen LogP contribution in [-0.2, 0) is 4.79 Å². The Kier molecular flexibility index (Phi) is 4.51. The Hall–Kier alpha value is -3.22. The van der Waals surface area contributed by atoms with Crippen LogP contribution in [0.5, 0.6) is 23.0 Å². The van der Waals surface area contributed by atoms with Gasteiger partial charge in [0.05, 0.1) is 13.3 Å². The van der Waals surface area contributed by atoms with Gasteiger partial charge in [0.2, 0.25) is 6.10 Å². The van der Waals surface area contributed by atoms with Gasteiger partial charge in [-0.2, -0.15) is 5.10 Å². The number of fused-ring (bicyclic) bond motifs is 1. The summed E-state index contributed by atoms with van der Waals surface area (Å²) in [5.41, 5.74) is 2.82. The number of methoxy groups -OCH3 is 1. The fraction of sp³-hybridized carbons (Fsp3) is 0.176. The van der Waals surface area contributed by atoms with E-state index in [0.29, 0.717) is 22.8 Å². The second-order valence-corrected chi connectivity index (χ2v) is 5.02. The molecule has 1 heterocycles. The molecule has 3 rings (SSSR count). The second kappa shape index (κ2) is 6.91. The molecule has 2 aromatic carbocycles. The predicted molar refractivity (Wildman–Crippen MR) is 86.7 cm³/mol. The Labute approximate surface area is 138 Å². The largest absolute Gasteiger partial charge is 0.507 e. The van der Waals surface area contributed by atoms with Crippen molar-refractivity contribution in [1.82, 2.24) is 5.43 Å². The van der Waals surface area contributed by atoms with Crippen molar-refractivity contribution < 1.29 is 24.1 Å². The number of amides is 1. The quantitative estimate of drug-likeness (QED) is 0.658. The van der Waals surface area contributed by atoms with E-state index in [1.165, 1.54) is 19.4 Å². The van der Waals surface area contributed by atoms with E-state index in [0.717, 1.165) is 0 Å². The molecule has 0 bridgehead atoms. The zero-order valence-electron chi connectivity index (χ0n) is 12.9. The molecule has 1 aliphatic rings. The second-order valence-electron chi connectivity index (χ2n) is 5.02. The number of phenols is 1. The standard InChI is InChI=1S/C17H16N2O5/c1-22-12-7-6-11(13(20)8-12)9-18-19-17(21)16-10-23-14-4-2-3-5-15(14)24-16/h2-9,16,20H,10H2,1H3,(H,19,21)/b18-9-/t16-/m0/s1. The zero-order chi connectivity index (χ0) is 16.9. The van der Waals surface area contributed by atoms with Crippen molar-refractivity contribution in [2.75, 3.05) is 13.7 Å². The Balaban J connectivity index is 1.60. The summed E-state index contributed by atoms with van der Waals surface area (Å²) in [5.74, 6) is 1.21. The molecule has 24 heavy (non-hydrogen) atoms. The van der Waals surface area contributed by atoms with E-state index in [1.54, 1.807) is 30.3 Å². The van der Waals surface area contributed by atoms with E-state index < -0.39 is 12.0 Å². The highest BCUT2D eigenvalue weighted by atomic mass is 16.6. The minimum absolute atomic E-state index is 0.00136. The first-order valence-electron chi connectivity index (χ1n) is 7.26. The number of carbonyl (C=O) groups excluding carboxylic acids is 1. The number of rotatable bonds is 4.